The van der Waals surface area contributed by atoms with Gasteiger partial charge in [-0.15, -0.1) is 0 Å². The van der Waals surface area contributed by atoms with Crippen LogP contribution in [0.1, 0.15) is 43.5 Å². The SMILES string of the molecule is COc1ccc(Cn2ccnc2CN(CC2CC2)C(=O)C2CCC2)cc1. The number of rotatable bonds is 8. The summed E-state index contributed by atoms with van der Waals surface area (Å²) in [5.74, 6) is 3.11. The van der Waals surface area contributed by atoms with Gasteiger partial charge in [0.05, 0.1) is 13.7 Å². The monoisotopic (exact) mass is 353 g/mol. The molecule has 2 saturated carbocycles. The predicted octanol–water partition coefficient (Wildman–Crippen LogP) is 3.48. The van der Waals surface area contributed by atoms with E-state index in [1.54, 1.807) is 7.11 Å². The van der Waals surface area contributed by atoms with Crippen LogP contribution in [0.2, 0.25) is 0 Å². The van der Waals surface area contributed by atoms with Gasteiger partial charge in [0.2, 0.25) is 5.91 Å². The van der Waals surface area contributed by atoms with Gasteiger partial charge in [0.25, 0.3) is 0 Å². The van der Waals surface area contributed by atoms with E-state index < -0.39 is 0 Å². The third kappa shape index (κ3) is 3.92. The number of ether oxygens (including phenoxy) is 1. The van der Waals surface area contributed by atoms with Crippen molar-refractivity contribution in [2.75, 3.05) is 13.7 Å². The lowest BCUT2D eigenvalue weighted by Crippen LogP contribution is -2.40. The van der Waals surface area contributed by atoms with E-state index in [4.69, 9.17) is 4.74 Å². The first-order valence-corrected chi connectivity index (χ1v) is 9.64. The average Bonchev–Trinajstić information content (AvgIpc) is 3.32. The van der Waals surface area contributed by atoms with Crippen molar-refractivity contribution in [2.24, 2.45) is 11.8 Å². The van der Waals surface area contributed by atoms with E-state index in [1.165, 1.54) is 24.8 Å². The molecule has 1 aromatic heterocycles. The lowest BCUT2D eigenvalue weighted by molar-refractivity contribution is -0.139. The molecule has 2 aliphatic carbocycles. The Bertz CT molecular complexity index is 745. The van der Waals surface area contributed by atoms with Gasteiger partial charge in [-0.25, -0.2) is 4.98 Å². The molecule has 1 heterocycles. The quantitative estimate of drug-likeness (QED) is 0.730. The van der Waals surface area contributed by atoms with E-state index in [9.17, 15) is 4.79 Å². The molecule has 0 atom stereocenters. The lowest BCUT2D eigenvalue weighted by Gasteiger charge is -2.31. The van der Waals surface area contributed by atoms with Crippen LogP contribution in [0.25, 0.3) is 0 Å². The van der Waals surface area contributed by atoms with Gasteiger partial charge in [-0.3, -0.25) is 4.79 Å². The zero-order valence-corrected chi connectivity index (χ0v) is 15.4. The molecule has 2 fully saturated rings. The highest BCUT2D eigenvalue weighted by atomic mass is 16.5. The van der Waals surface area contributed by atoms with E-state index >= 15 is 0 Å². The normalized spacial score (nSPS) is 17.0. The summed E-state index contributed by atoms with van der Waals surface area (Å²) < 4.78 is 7.37. The summed E-state index contributed by atoms with van der Waals surface area (Å²) in [6, 6.07) is 8.10. The number of methoxy groups -OCH3 is 1. The molecule has 1 aromatic carbocycles. The Morgan fingerprint density at radius 2 is 2.00 bits per heavy atom. The Morgan fingerprint density at radius 3 is 2.62 bits per heavy atom. The van der Waals surface area contributed by atoms with Crippen LogP contribution in [-0.4, -0.2) is 34.0 Å². The molecule has 0 aliphatic heterocycles. The predicted molar refractivity (Wildman–Crippen MR) is 99.8 cm³/mol. The van der Waals surface area contributed by atoms with E-state index in [2.05, 4.69) is 26.6 Å². The molecule has 0 N–H and O–H groups in total. The molecule has 2 aliphatic rings. The maximum Gasteiger partial charge on any atom is 0.226 e. The van der Waals surface area contributed by atoms with Crippen molar-refractivity contribution in [2.45, 2.75) is 45.2 Å². The van der Waals surface area contributed by atoms with Crippen LogP contribution in [0.3, 0.4) is 0 Å². The molecule has 5 heteroatoms. The van der Waals surface area contributed by atoms with Crippen molar-refractivity contribution >= 4 is 5.91 Å². The third-order valence-electron chi connectivity index (χ3n) is 5.59. The first-order valence-electron chi connectivity index (χ1n) is 9.64. The van der Waals surface area contributed by atoms with Crippen LogP contribution < -0.4 is 4.74 Å². The highest BCUT2D eigenvalue weighted by Gasteiger charge is 2.33. The minimum absolute atomic E-state index is 0.249. The summed E-state index contributed by atoms with van der Waals surface area (Å²) in [4.78, 5) is 19.4. The highest BCUT2D eigenvalue weighted by Crippen LogP contribution is 2.33. The van der Waals surface area contributed by atoms with E-state index in [1.807, 2.05) is 24.5 Å². The lowest BCUT2D eigenvalue weighted by atomic mass is 9.84. The first kappa shape index (κ1) is 17.1. The van der Waals surface area contributed by atoms with Gasteiger partial charge in [-0.1, -0.05) is 18.6 Å². The second-order valence-electron chi connectivity index (χ2n) is 7.61. The Balaban J connectivity index is 1.45. The number of aromatic nitrogens is 2. The number of carbonyl (C=O) groups is 1. The van der Waals surface area contributed by atoms with Crippen molar-refractivity contribution in [1.29, 1.82) is 0 Å². The Kier molecular flexibility index (Phi) is 4.96. The first-order chi connectivity index (χ1) is 12.7. The van der Waals surface area contributed by atoms with Crippen molar-refractivity contribution in [3.8, 4) is 5.75 Å². The molecule has 1 amide bonds. The number of imidazole rings is 1. The van der Waals surface area contributed by atoms with Crippen LogP contribution >= 0.6 is 0 Å². The zero-order chi connectivity index (χ0) is 17.9. The molecular formula is C21H27N3O2. The molecule has 0 bridgehead atoms. The standard InChI is InChI=1S/C21H27N3O2/c1-26-19-9-7-17(8-10-19)13-23-12-11-22-20(23)15-24(14-16-5-6-16)21(25)18-3-2-4-18/h7-12,16,18H,2-6,13-15H2,1H3. The second-order valence-corrected chi connectivity index (χ2v) is 7.61. The summed E-state index contributed by atoms with van der Waals surface area (Å²) in [5, 5.41) is 0. The second kappa shape index (κ2) is 7.52. The van der Waals surface area contributed by atoms with E-state index in [-0.39, 0.29) is 5.92 Å². The van der Waals surface area contributed by atoms with Crippen molar-refractivity contribution in [3.05, 3.63) is 48.0 Å². The molecule has 0 saturated heterocycles. The van der Waals surface area contributed by atoms with Crippen LogP contribution in [0.15, 0.2) is 36.7 Å². The molecule has 0 unspecified atom stereocenters. The minimum atomic E-state index is 0.249. The summed E-state index contributed by atoms with van der Waals surface area (Å²) in [6.07, 6.45) is 9.66. The maximum atomic E-state index is 12.8. The molecule has 2 aromatic rings. The number of hydrogen-bond donors (Lipinski definition) is 0. The number of carbonyl (C=O) groups excluding carboxylic acids is 1. The fourth-order valence-corrected chi connectivity index (χ4v) is 3.49. The van der Waals surface area contributed by atoms with Crippen LogP contribution in [0.4, 0.5) is 0 Å². The highest BCUT2D eigenvalue weighted by molar-refractivity contribution is 5.79. The average molecular weight is 353 g/mol. The van der Waals surface area contributed by atoms with Crippen molar-refractivity contribution < 1.29 is 9.53 Å². The summed E-state index contributed by atoms with van der Waals surface area (Å²) in [6.45, 7) is 2.27. The molecule has 4 rings (SSSR count). The van der Waals surface area contributed by atoms with Gasteiger partial charge in [0.15, 0.2) is 0 Å². The number of benzene rings is 1. The largest absolute Gasteiger partial charge is 0.497 e. The number of amides is 1. The van der Waals surface area contributed by atoms with Crippen molar-refractivity contribution in [1.82, 2.24) is 14.5 Å². The Morgan fingerprint density at radius 1 is 1.23 bits per heavy atom. The van der Waals surface area contributed by atoms with Gasteiger partial charge in [0, 0.05) is 31.4 Å². The number of hydrogen-bond acceptors (Lipinski definition) is 3. The van der Waals surface area contributed by atoms with Gasteiger partial charge in [-0.2, -0.15) is 0 Å². The summed E-state index contributed by atoms with van der Waals surface area (Å²) >= 11 is 0. The smallest absolute Gasteiger partial charge is 0.226 e. The van der Waals surface area contributed by atoms with Gasteiger partial charge in [-0.05, 0) is 49.3 Å². The van der Waals surface area contributed by atoms with E-state index in [0.29, 0.717) is 18.4 Å². The zero-order valence-electron chi connectivity index (χ0n) is 15.4. The molecule has 5 nitrogen and oxygen atoms in total. The maximum absolute atomic E-state index is 12.8. The Labute approximate surface area is 155 Å². The Hall–Kier alpha value is -2.30. The summed E-state index contributed by atoms with van der Waals surface area (Å²) in [5.41, 5.74) is 1.20. The molecule has 0 spiro atoms. The number of nitrogens with zero attached hydrogens (tertiary/aromatic N) is 3. The molecule has 0 radical (unpaired) electrons. The minimum Gasteiger partial charge on any atom is -0.497 e. The fraction of sp³-hybridized carbons (Fsp3) is 0.524. The van der Waals surface area contributed by atoms with Crippen LogP contribution in [0, 0.1) is 11.8 Å². The van der Waals surface area contributed by atoms with Gasteiger partial charge < -0.3 is 14.2 Å². The van der Waals surface area contributed by atoms with Crippen LogP contribution in [0.5, 0.6) is 5.75 Å². The fourth-order valence-electron chi connectivity index (χ4n) is 3.49. The van der Waals surface area contributed by atoms with Crippen molar-refractivity contribution in [3.63, 3.8) is 0 Å². The molecule has 138 valence electrons. The van der Waals surface area contributed by atoms with Crippen LogP contribution in [-0.2, 0) is 17.9 Å². The third-order valence-corrected chi connectivity index (χ3v) is 5.59. The molecular weight excluding hydrogens is 326 g/mol. The van der Waals surface area contributed by atoms with Gasteiger partial charge in [0.1, 0.15) is 11.6 Å². The molecule has 26 heavy (non-hydrogen) atoms. The summed E-state index contributed by atoms with van der Waals surface area (Å²) in [7, 11) is 1.68. The topological polar surface area (TPSA) is 47.4 Å². The van der Waals surface area contributed by atoms with E-state index in [0.717, 1.165) is 37.5 Å². The van der Waals surface area contributed by atoms with Gasteiger partial charge >= 0.3 is 0 Å².